The molecule has 2 rings (SSSR count). The molecule has 80 valence electrons. The Morgan fingerprint density at radius 2 is 2.13 bits per heavy atom. The fourth-order valence-electron chi connectivity index (χ4n) is 1.57. The summed E-state index contributed by atoms with van der Waals surface area (Å²) in [6.45, 7) is 0. The molecule has 1 aliphatic rings. The normalized spacial score (nSPS) is 20.1. The molecule has 0 saturated carbocycles. The fourth-order valence-corrected chi connectivity index (χ4v) is 2.74. The van der Waals surface area contributed by atoms with E-state index in [4.69, 9.17) is 5.73 Å². The van der Waals surface area contributed by atoms with Gasteiger partial charge in [0.1, 0.15) is 0 Å². The lowest BCUT2D eigenvalue weighted by molar-refractivity contribution is -0.115. The molecular weight excluding hydrogens is 208 g/mol. The van der Waals surface area contributed by atoms with Crippen LogP contribution in [0.25, 0.3) is 0 Å². The third kappa shape index (κ3) is 2.65. The summed E-state index contributed by atoms with van der Waals surface area (Å²) in [6, 6.07) is 7.23. The maximum atomic E-state index is 11.7. The van der Waals surface area contributed by atoms with Crippen molar-refractivity contribution < 1.29 is 4.79 Å². The Morgan fingerprint density at radius 1 is 1.40 bits per heavy atom. The van der Waals surface area contributed by atoms with E-state index in [1.54, 1.807) is 23.9 Å². The Morgan fingerprint density at radius 3 is 2.73 bits per heavy atom. The number of rotatable bonds is 2. The smallest absolute Gasteiger partial charge is 0.237 e. The third-order valence-corrected chi connectivity index (χ3v) is 3.78. The van der Waals surface area contributed by atoms with E-state index < -0.39 is 0 Å². The van der Waals surface area contributed by atoms with E-state index in [0.717, 1.165) is 24.3 Å². The van der Waals surface area contributed by atoms with Crippen molar-refractivity contribution in [2.45, 2.75) is 18.1 Å². The summed E-state index contributed by atoms with van der Waals surface area (Å²) < 4.78 is 0. The second kappa shape index (κ2) is 4.57. The van der Waals surface area contributed by atoms with Crippen molar-refractivity contribution in [2.75, 3.05) is 16.8 Å². The minimum Gasteiger partial charge on any atom is -0.399 e. The van der Waals surface area contributed by atoms with Crippen LogP contribution in [0.4, 0.5) is 11.4 Å². The van der Waals surface area contributed by atoms with Gasteiger partial charge in [0.2, 0.25) is 5.91 Å². The second-order valence-corrected chi connectivity index (χ2v) is 4.92. The maximum absolute atomic E-state index is 11.7. The third-order valence-electron chi connectivity index (χ3n) is 2.40. The number of benzene rings is 1. The average molecular weight is 222 g/mol. The van der Waals surface area contributed by atoms with E-state index in [0.29, 0.717) is 5.69 Å². The number of hydrogen-bond acceptors (Lipinski definition) is 3. The summed E-state index contributed by atoms with van der Waals surface area (Å²) in [7, 11) is 0. The summed E-state index contributed by atoms with van der Waals surface area (Å²) in [6.07, 6.45) is 2.13. The van der Waals surface area contributed by atoms with Crippen LogP contribution in [0.2, 0.25) is 0 Å². The Hall–Kier alpha value is -1.16. The number of nitrogens with two attached hydrogens (primary N) is 1. The van der Waals surface area contributed by atoms with Gasteiger partial charge in [-0.3, -0.25) is 4.79 Å². The van der Waals surface area contributed by atoms with E-state index in [1.165, 1.54) is 0 Å². The molecule has 1 aromatic rings. The van der Waals surface area contributed by atoms with Crippen molar-refractivity contribution in [1.29, 1.82) is 0 Å². The molecule has 1 atom stereocenters. The van der Waals surface area contributed by atoms with Crippen molar-refractivity contribution >= 4 is 29.0 Å². The first-order chi connectivity index (χ1) is 7.25. The monoisotopic (exact) mass is 222 g/mol. The van der Waals surface area contributed by atoms with Crippen LogP contribution >= 0.6 is 11.8 Å². The molecule has 1 aliphatic heterocycles. The zero-order chi connectivity index (χ0) is 10.7. The highest BCUT2D eigenvalue weighted by molar-refractivity contribution is 8.00. The van der Waals surface area contributed by atoms with Gasteiger partial charge in [-0.1, -0.05) is 0 Å². The molecule has 1 saturated heterocycles. The number of carbonyl (C=O) groups excluding carboxylic acids is 1. The molecular formula is C11H14N2OS. The van der Waals surface area contributed by atoms with Crippen LogP contribution in [0.5, 0.6) is 0 Å². The SMILES string of the molecule is Nc1ccc(NC(=O)C2CCCS2)cc1. The number of nitrogens with one attached hydrogen (secondary N) is 1. The number of hydrogen-bond donors (Lipinski definition) is 2. The van der Waals surface area contributed by atoms with Crippen molar-refractivity contribution in [3.05, 3.63) is 24.3 Å². The fraction of sp³-hybridized carbons (Fsp3) is 0.364. The Labute approximate surface area is 93.4 Å². The number of amides is 1. The number of nitrogen functional groups attached to an aromatic ring is 1. The lowest BCUT2D eigenvalue weighted by Gasteiger charge is -2.09. The van der Waals surface area contributed by atoms with Gasteiger partial charge in [-0.05, 0) is 42.9 Å². The lowest BCUT2D eigenvalue weighted by Crippen LogP contribution is -2.22. The van der Waals surface area contributed by atoms with Crippen molar-refractivity contribution in [3.8, 4) is 0 Å². The summed E-state index contributed by atoms with van der Waals surface area (Å²) in [5.74, 6) is 1.21. The highest BCUT2D eigenvalue weighted by atomic mass is 32.2. The lowest BCUT2D eigenvalue weighted by atomic mass is 10.2. The summed E-state index contributed by atoms with van der Waals surface area (Å²) in [5, 5.41) is 3.02. The minimum atomic E-state index is 0.113. The highest BCUT2D eigenvalue weighted by Crippen LogP contribution is 2.27. The molecule has 0 aliphatic carbocycles. The van der Waals surface area contributed by atoms with Crippen LogP contribution in [0.3, 0.4) is 0 Å². The Bertz CT molecular complexity index is 344. The predicted octanol–water partition coefficient (Wildman–Crippen LogP) is 2.10. The van der Waals surface area contributed by atoms with E-state index >= 15 is 0 Å². The average Bonchev–Trinajstić information content (AvgIpc) is 2.74. The Balaban J connectivity index is 1.96. The number of carbonyl (C=O) groups is 1. The molecule has 1 fully saturated rings. The zero-order valence-electron chi connectivity index (χ0n) is 8.40. The molecule has 1 unspecified atom stereocenters. The summed E-state index contributed by atoms with van der Waals surface area (Å²) >= 11 is 1.74. The van der Waals surface area contributed by atoms with Gasteiger partial charge in [0.15, 0.2) is 0 Å². The minimum absolute atomic E-state index is 0.113. The molecule has 4 heteroatoms. The first-order valence-electron chi connectivity index (χ1n) is 5.04. The predicted molar refractivity (Wildman–Crippen MR) is 65.0 cm³/mol. The molecule has 15 heavy (non-hydrogen) atoms. The van der Waals surface area contributed by atoms with Crippen molar-refractivity contribution in [1.82, 2.24) is 0 Å². The zero-order valence-corrected chi connectivity index (χ0v) is 9.22. The molecule has 0 aromatic heterocycles. The number of thioether (sulfide) groups is 1. The molecule has 1 amide bonds. The van der Waals surface area contributed by atoms with Gasteiger partial charge in [-0.2, -0.15) is 0 Å². The highest BCUT2D eigenvalue weighted by Gasteiger charge is 2.23. The van der Waals surface area contributed by atoms with Gasteiger partial charge in [0.05, 0.1) is 5.25 Å². The molecule has 0 spiro atoms. The van der Waals surface area contributed by atoms with Gasteiger partial charge >= 0.3 is 0 Å². The Kier molecular flexibility index (Phi) is 3.16. The van der Waals surface area contributed by atoms with Crippen LogP contribution in [0.15, 0.2) is 24.3 Å². The van der Waals surface area contributed by atoms with E-state index in [-0.39, 0.29) is 11.2 Å². The molecule has 1 heterocycles. The largest absolute Gasteiger partial charge is 0.399 e. The van der Waals surface area contributed by atoms with E-state index in [1.807, 2.05) is 12.1 Å². The molecule has 3 N–H and O–H groups in total. The van der Waals surface area contributed by atoms with E-state index in [2.05, 4.69) is 5.32 Å². The van der Waals surface area contributed by atoms with Crippen LogP contribution in [0, 0.1) is 0 Å². The number of anilines is 2. The standard InChI is InChI=1S/C11H14N2OS/c12-8-3-5-9(6-4-8)13-11(14)10-2-1-7-15-10/h3-6,10H,1-2,7,12H2,(H,13,14). The summed E-state index contributed by atoms with van der Waals surface area (Å²) in [5.41, 5.74) is 7.10. The molecule has 1 aromatic carbocycles. The first kappa shape index (κ1) is 10.4. The van der Waals surface area contributed by atoms with Gasteiger partial charge in [0.25, 0.3) is 0 Å². The molecule has 0 radical (unpaired) electrons. The maximum Gasteiger partial charge on any atom is 0.237 e. The summed E-state index contributed by atoms with van der Waals surface area (Å²) in [4.78, 5) is 11.7. The topological polar surface area (TPSA) is 55.1 Å². The van der Waals surface area contributed by atoms with Gasteiger partial charge in [0, 0.05) is 11.4 Å². The van der Waals surface area contributed by atoms with Crippen LogP contribution < -0.4 is 11.1 Å². The van der Waals surface area contributed by atoms with Crippen molar-refractivity contribution in [2.24, 2.45) is 0 Å². The van der Waals surface area contributed by atoms with Crippen LogP contribution in [0.1, 0.15) is 12.8 Å². The van der Waals surface area contributed by atoms with Gasteiger partial charge in [-0.25, -0.2) is 0 Å². The molecule has 0 bridgehead atoms. The van der Waals surface area contributed by atoms with Gasteiger partial charge in [-0.15, -0.1) is 11.8 Å². The van der Waals surface area contributed by atoms with E-state index in [9.17, 15) is 4.79 Å². The first-order valence-corrected chi connectivity index (χ1v) is 6.08. The van der Waals surface area contributed by atoms with Crippen molar-refractivity contribution in [3.63, 3.8) is 0 Å². The quantitative estimate of drug-likeness (QED) is 0.753. The van der Waals surface area contributed by atoms with Crippen LogP contribution in [-0.2, 0) is 4.79 Å². The second-order valence-electron chi connectivity index (χ2n) is 3.61. The molecule has 3 nitrogen and oxygen atoms in total. The van der Waals surface area contributed by atoms with Gasteiger partial charge < -0.3 is 11.1 Å². The van der Waals surface area contributed by atoms with Crippen LogP contribution in [-0.4, -0.2) is 16.9 Å².